The highest BCUT2D eigenvalue weighted by Crippen LogP contribution is 2.29. The van der Waals surface area contributed by atoms with Gasteiger partial charge in [-0.3, -0.25) is 0 Å². The average Bonchev–Trinajstić information content (AvgIpc) is 2.56. The Labute approximate surface area is 78.9 Å². The maximum atomic E-state index is 3.60. The van der Waals surface area contributed by atoms with Crippen molar-refractivity contribution in [3.05, 3.63) is 34.7 Å². The van der Waals surface area contributed by atoms with Gasteiger partial charge in [0.15, 0.2) is 0 Å². The molecule has 13 heavy (non-hydrogen) atoms. The molecule has 0 unspecified atom stereocenters. The Kier molecular flexibility index (Phi) is 1.58. The van der Waals surface area contributed by atoms with Gasteiger partial charge in [0.25, 0.3) is 0 Å². The SMILES string of the molecule is C1=CCc2c([nH]c3c2CCCC3)C1. The zero-order chi connectivity index (χ0) is 8.67. The van der Waals surface area contributed by atoms with Gasteiger partial charge in [-0.15, -0.1) is 0 Å². The minimum Gasteiger partial charge on any atom is -0.362 e. The molecule has 0 saturated heterocycles. The standard InChI is InChI=1S/C12H15N/c1-3-7-11-9(5-1)10-6-2-4-8-12(10)13-11/h1,3,13H,2,4-8H2. The average molecular weight is 173 g/mol. The molecule has 0 aromatic carbocycles. The highest BCUT2D eigenvalue weighted by molar-refractivity contribution is 5.42. The second-order valence-corrected chi connectivity index (χ2v) is 4.13. The fourth-order valence-corrected chi connectivity index (χ4v) is 2.64. The molecular weight excluding hydrogens is 158 g/mol. The number of rotatable bonds is 0. The first-order valence-corrected chi connectivity index (χ1v) is 5.31. The van der Waals surface area contributed by atoms with Crippen LogP contribution in [0, 0.1) is 0 Å². The molecule has 1 heteroatoms. The lowest BCUT2D eigenvalue weighted by molar-refractivity contribution is 0.674. The predicted molar refractivity (Wildman–Crippen MR) is 54.0 cm³/mol. The van der Waals surface area contributed by atoms with E-state index in [0.717, 1.165) is 6.42 Å². The number of aromatic amines is 1. The number of aryl methyl sites for hydroxylation is 1. The number of H-pyrrole nitrogens is 1. The molecule has 1 aromatic rings. The number of hydrogen-bond acceptors (Lipinski definition) is 0. The molecule has 1 nitrogen and oxygen atoms in total. The summed E-state index contributed by atoms with van der Waals surface area (Å²) in [5.74, 6) is 0. The van der Waals surface area contributed by atoms with Crippen molar-refractivity contribution in [1.82, 2.24) is 4.98 Å². The molecule has 0 bridgehead atoms. The predicted octanol–water partition coefficient (Wildman–Crippen LogP) is 2.55. The van der Waals surface area contributed by atoms with Gasteiger partial charge >= 0.3 is 0 Å². The summed E-state index contributed by atoms with van der Waals surface area (Å²) in [6, 6.07) is 0. The van der Waals surface area contributed by atoms with Crippen molar-refractivity contribution in [2.75, 3.05) is 0 Å². The fraction of sp³-hybridized carbons (Fsp3) is 0.500. The quantitative estimate of drug-likeness (QED) is 0.580. The lowest BCUT2D eigenvalue weighted by Gasteiger charge is -2.12. The third-order valence-corrected chi connectivity index (χ3v) is 3.31. The largest absolute Gasteiger partial charge is 0.362 e. The Balaban J connectivity index is 2.11. The van der Waals surface area contributed by atoms with Crippen molar-refractivity contribution < 1.29 is 0 Å². The normalized spacial score (nSPS) is 19.7. The van der Waals surface area contributed by atoms with Crippen LogP contribution in [0.1, 0.15) is 35.4 Å². The first-order chi connectivity index (χ1) is 6.45. The Bertz CT molecular complexity index is 357. The van der Waals surface area contributed by atoms with E-state index in [1.54, 1.807) is 16.8 Å². The first-order valence-electron chi connectivity index (χ1n) is 5.31. The van der Waals surface area contributed by atoms with Crippen molar-refractivity contribution in [2.45, 2.75) is 38.5 Å². The summed E-state index contributed by atoms with van der Waals surface area (Å²) in [6.45, 7) is 0. The molecule has 0 aliphatic heterocycles. The number of aromatic nitrogens is 1. The van der Waals surface area contributed by atoms with Crippen molar-refractivity contribution in [1.29, 1.82) is 0 Å². The first kappa shape index (κ1) is 7.43. The van der Waals surface area contributed by atoms with Crippen LogP contribution in [0.4, 0.5) is 0 Å². The van der Waals surface area contributed by atoms with Gasteiger partial charge < -0.3 is 4.98 Å². The molecule has 0 radical (unpaired) electrons. The van der Waals surface area contributed by atoms with Crippen LogP contribution >= 0.6 is 0 Å². The summed E-state index contributed by atoms with van der Waals surface area (Å²) in [4.78, 5) is 3.60. The monoisotopic (exact) mass is 173 g/mol. The van der Waals surface area contributed by atoms with Crippen LogP contribution in [0.3, 0.4) is 0 Å². The molecule has 2 aliphatic carbocycles. The van der Waals surface area contributed by atoms with Gasteiger partial charge in [-0.05, 0) is 43.2 Å². The molecule has 0 spiro atoms. The zero-order valence-electron chi connectivity index (χ0n) is 7.90. The Hall–Kier alpha value is -0.980. The zero-order valence-corrected chi connectivity index (χ0v) is 7.90. The summed E-state index contributed by atoms with van der Waals surface area (Å²) < 4.78 is 0. The highest BCUT2D eigenvalue weighted by atomic mass is 14.7. The van der Waals surface area contributed by atoms with Crippen LogP contribution in [0.25, 0.3) is 0 Å². The molecule has 0 atom stereocenters. The molecule has 1 heterocycles. The molecule has 1 aromatic heterocycles. The van der Waals surface area contributed by atoms with Gasteiger partial charge in [0.05, 0.1) is 0 Å². The Morgan fingerprint density at radius 2 is 1.69 bits per heavy atom. The molecule has 0 saturated carbocycles. The van der Waals surface area contributed by atoms with Crippen molar-refractivity contribution in [3.8, 4) is 0 Å². The molecule has 1 N–H and O–H groups in total. The van der Waals surface area contributed by atoms with Crippen LogP contribution < -0.4 is 0 Å². The van der Waals surface area contributed by atoms with Gasteiger partial charge in [-0.1, -0.05) is 12.2 Å². The third-order valence-electron chi connectivity index (χ3n) is 3.31. The Morgan fingerprint density at radius 1 is 0.846 bits per heavy atom. The molecule has 0 fully saturated rings. The van der Waals surface area contributed by atoms with Crippen LogP contribution in [0.2, 0.25) is 0 Å². The van der Waals surface area contributed by atoms with Crippen molar-refractivity contribution >= 4 is 0 Å². The second-order valence-electron chi connectivity index (χ2n) is 4.13. The van der Waals surface area contributed by atoms with Gasteiger partial charge in [-0.25, -0.2) is 0 Å². The van der Waals surface area contributed by atoms with E-state index < -0.39 is 0 Å². The summed E-state index contributed by atoms with van der Waals surface area (Å²) in [5.41, 5.74) is 6.32. The van der Waals surface area contributed by atoms with E-state index in [4.69, 9.17) is 0 Å². The summed E-state index contributed by atoms with van der Waals surface area (Å²) in [5, 5.41) is 0. The number of nitrogens with one attached hydrogen (secondary N) is 1. The minimum atomic E-state index is 1.13. The van der Waals surface area contributed by atoms with E-state index in [0.29, 0.717) is 0 Å². The van der Waals surface area contributed by atoms with Gasteiger partial charge in [-0.2, -0.15) is 0 Å². The lowest BCUT2D eigenvalue weighted by Crippen LogP contribution is -2.02. The smallest absolute Gasteiger partial charge is 0.0226 e. The highest BCUT2D eigenvalue weighted by Gasteiger charge is 2.19. The topological polar surface area (TPSA) is 15.8 Å². The minimum absolute atomic E-state index is 1.13. The molecular formula is C12H15N. The molecule has 2 aliphatic rings. The van der Waals surface area contributed by atoms with Gasteiger partial charge in [0.1, 0.15) is 0 Å². The molecule has 3 rings (SSSR count). The van der Waals surface area contributed by atoms with Gasteiger partial charge in [0, 0.05) is 17.8 Å². The van der Waals surface area contributed by atoms with Crippen LogP contribution in [0.5, 0.6) is 0 Å². The van der Waals surface area contributed by atoms with Crippen LogP contribution in [-0.4, -0.2) is 4.98 Å². The third kappa shape index (κ3) is 1.06. The number of fused-ring (bicyclic) bond motifs is 3. The Morgan fingerprint density at radius 3 is 2.69 bits per heavy atom. The van der Waals surface area contributed by atoms with Gasteiger partial charge in [0.2, 0.25) is 0 Å². The fourth-order valence-electron chi connectivity index (χ4n) is 2.64. The second kappa shape index (κ2) is 2.76. The van der Waals surface area contributed by atoms with E-state index in [1.165, 1.54) is 37.8 Å². The van der Waals surface area contributed by atoms with Crippen molar-refractivity contribution in [3.63, 3.8) is 0 Å². The maximum absolute atomic E-state index is 3.60. The van der Waals surface area contributed by atoms with E-state index in [1.807, 2.05) is 0 Å². The summed E-state index contributed by atoms with van der Waals surface area (Å²) in [7, 11) is 0. The molecule has 68 valence electrons. The van der Waals surface area contributed by atoms with E-state index in [2.05, 4.69) is 17.1 Å². The molecule has 0 amide bonds. The van der Waals surface area contributed by atoms with E-state index >= 15 is 0 Å². The number of hydrogen-bond donors (Lipinski definition) is 1. The van der Waals surface area contributed by atoms with Crippen LogP contribution in [-0.2, 0) is 25.7 Å². The number of allylic oxidation sites excluding steroid dienone is 2. The van der Waals surface area contributed by atoms with E-state index in [-0.39, 0.29) is 0 Å². The summed E-state index contributed by atoms with van der Waals surface area (Å²) >= 11 is 0. The lowest BCUT2D eigenvalue weighted by atomic mass is 9.91. The maximum Gasteiger partial charge on any atom is 0.0226 e. The van der Waals surface area contributed by atoms with Crippen molar-refractivity contribution in [2.24, 2.45) is 0 Å². The van der Waals surface area contributed by atoms with E-state index in [9.17, 15) is 0 Å². The summed E-state index contributed by atoms with van der Waals surface area (Å²) in [6.07, 6.45) is 12.2. The van der Waals surface area contributed by atoms with Crippen LogP contribution in [0.15, 0.2) is 12.2 Å².